The van der Waals surface area contributed by atoms with Crippen LogP contribution in [0.4, 0.5) is 16.0 Å². The van der Waals surface area contributed by atoms with Crippen LogP contribution in [0.2, 0.25) is 0 Å². The highest BCUT2D eigenvalue weighted by atomic mass is 19.1. The Labute approximate surface area is 98.0 Å². The van der Waals surface area contributed by atoms with Crippen LogP contribution in [0.25, 0.3) is 5.69 Å². The third kappa shape index (κ3) is 1.94. The Balaban J connectivity index is 2.54. The van der Waals surface area contributed by atoms with E-state index >= 15 is 0 Å². The molecule has 0 aliphatic rings. The second kappa shape index (κ2) is 4.42. The number of benzene rings is 1. The molecule has 0 saturated heterocycles. The maximum absolute atomic E-state index is 13.6. The molecule has 0 spiro atoms. The van der Waals surface area contributed by atoms with Crippen LogP contribution >= 0.6 is 0 Å². The Kier molecular flexibility index (Phi) is 2.97. The molecule has 2 aromatic rings. The highest BCUT2D eigenvalue weighted by Crippen LogP contribution is 2.24. The van der Waals surface area contributed by atoms with Crippen LogP contribution in [0.5, 0.6) is 0 Å². The number of hydrogen-bond donors (Lipinski definition) is 3. The monoisotopic (exact) mass is 235 g/mol. The standard InChI is InChI=1S/C11H14FN5/c12-8-3-1-2-4-9(8)17-11(15)7(5-6-13)10(14)16-17/h1-4H,5-6,13,15H2,(H2,14,16). The van der Waals surface area contributed by atoms with Gasteiger partial charge >= 0.3 is 0 Å². The van der Waals surface area contributed by atoms with Gasteiger partial charge in [-0.15, -0.1) is 5.10 Å². The van der Waals surface area contributed by atoms with Gasteiger partial charge in [-0.3, -0.25) is 0 Å². The number of hydrogen-bond acceptors (Lipinski definition) is 4. The molecular weight excluding hydrogens is 221 g/mol. The smallest absolute Gasteiger partial charge is 0.151 e. The van der Waals surface area contributed by atoms with Crippen molar-refractivity contribution >= 4 is 11.6 Å². The molecule has 0 amide bonds. The summed E-state index contributed by atoms with van der Waals surface area (Å²) in [6, 6.07) is 6.24. The first-order chi connectivity index (χ1) is 8.15. The van der Waals surface area contributed by atoms with Gasteiger partial charge < -0.3 is 17.2 Å². The number of anilines is 2. The van der Waals surface area contributed by atoms with Crippen LogP contribution in [-0.4, -0.2) is 16.3 Å². The fourth-order valence-electron chi connectivity index (χ4n) is 1.69. The molecule has 1 aromatic carbocycles. The van der Waals surface area contributed by atoms with Crippen molar-refractivity contribution in [2.75, 3.05) is 18.0 Å². The molecule has 0 aliphatic heterocycles. The first kappa shape index (κ1) is 11.4. The number of halogens is 1. The van der Waals surface area contributed by atoms with E-state index in [0.29, 0.717) is 24.3 Å². The molecule has 1 heterocycles. The highest BCUT2D eigenvalue weighted by Gasteiger charge is 2.15. The lowest BCUT2D eigenvalue weighted by Crippen LogP contribution is -2.08. The molecule has 0 bridgehead atoms. The molecule has 1 aromatic heterocycles. The average Bonchev–Trinajstić information content (AvgIpc) is 2.58. The van der Waals surface area contributed by atoms with E-state index in [9.17, 15) is 4.39 Å². The van der Waals surface area contributed by atoms with Crippen molar-refractivity contribution in [1.82, 2.24) is 9.78 Å². The summed E-state index contributed by atoms with van der Waals surface area (Å²) in [7, 11) is 0. The maximum atomic E-state index is 13.6. The molecule has 5 nitrogen and oxygen atoms in total. The average molecular weight is 235 g/mol. The Morgan fingerprint density at radius 3 is 2.59 bits per heavy atom. The van der Waals surface area contributed by atoms with Crippen LogP contribution in [0.3, 0.4) is 0 Å². The molecule has 0 unspecified atom stereocenters. The molecule has 0 radical (unpaired) electrons. The molecule has 2 rings (SSSR count). The van der Waals surface area contributed by atoms with E-state index in [-0.39, 0.29) is 11.5 Å². The fraction of sp³-hybridized carbons (Fsp3) is 0.182. The van der Waals surface area contributed by atoms with Crippen molar-refractivity contribution in [1.29, 1.82) is 0 Å². The molecule has 17 heavy (non-hydrogen) atoms. The van der Waals surface area contributed by atoms with E-state index in [1.807, 2.05) is 0 Å². The largest absolute Gasteiger partial charge is 0.383 e. The van der Waals surface area contributed by atoms with Gasteiger partial charge in [0, 0.05) is 5.56 Å². The van der Waals surface area contributed by atoms with Crippen LogP contribution in [-0.2, 0) is 6.42 Å². The van der Waals surface area contributed by atoms with Crippen molar-refractivity contribution in [3.8, 4) is 5.69 Å². The van der Waals surface area contributed by atoms with Crippen LogP contribution in [0.15, 0.2) is 24.3 Å². The number of nitrogens with zero attached hydrogens (tertiary/aromatic N) is 2. The first-order valence-corrected chi connectivity index (χ1v) is 5.23. The summed E-state index contributed by atoms with van der Waals surface area (Å²) in [6.45, 7) is 0.414. The lowest BCUT2D eigenvalue weighted by Gasteiger charge is -2.05. The number of aromatic nitrogens is 2. The fourth-order valence-corrected chi connectivity index (χ4v) is 1.69. The SMILES string of the molecule is NCCc1c(N)nn(-c2ccccc2F)c1N. The summed E-state index contributed by atoms with van der Waals surface area (Å²) < 4.78 is 14.9. The number of para-hydroxylation sites is 1. The number of rotatable bonds is 3. The molecule has 0 aliphatic carbocycles. The number of nitrogen functional groups attached to an aromatic ring is 2. The van der Waals surface area contributed by atoms with Gasteiger partial charge in [0.2, 0.25) is 0 Å². The Morgan fingerprint density at radius 2 is 1.94 bits per heavy atom. The lowest BCUT2D eigenvalue weighted by molar-refractivity contribution is 0.612. The summed E-state index contributed by atoms with van der Waals surface area (Å²) in [5, 5.41) is 4.03. The van der Waals surface area contributed by atoms with Gasteiger partial charge in [0.15, 0.2) is 5.82 Å². The summed E-state index contributed by atoms with van der Waals surface area (Å²) in [5.41, 5.74) is 18.0. The van der Waals surface area contributed by atoms with Gasteiger partial charge in [-0.05, 0) is 25.1 Å². The zero-order chi connectivity index (χ0) is 12.4. The van der Waals surface area contributed by atoms with E-state index in [4.69, 9.17) is 17.2 Å². The van der Waals surface area contributed by atoms with Crippen LogP contribution < -0.4 is 17.2 Å². The zero-order valence-corrected chi connectivity index (χ0v) is 9.23. The van der Waals surface area contributed by atoms with Crippen LogP contribution in [0.1, 0.15) is 5.56 Å². The molecule has 0 atom stereocenters. The summed E-state index contributed by atoms with van der Waals surface area (Å²) in [4.78, 5) is 0. The lowest BCUT2D eigenvalue weighted by atomic mass is 10.2. The topological polar surface area (TPSA) is 95.9 Å². The second-order valence-electron chi connectivity index (χ2n) is 3.65. The predicted octanol–water partition coefficient (Wildman–Crippen LogP) is 0.677. The van der Waals surface area contributed by atoms with E-state index < -0.39 is 5.82 Å². The Morgan fingerprint density at radius 1 is 1.24 bits per heavy atom. The summed E-state index contributed by atoms with van der Waals surface area (Å²) in [5.74, 6) is 0.218. The van der Waals surface area contributed by atoms with E-state index in [1.54, 1.807) is 18.2 Å². The molecular formula is C11H14FN5. The minimum absolute atomic E-state index is 0.278. The summed E-state index contributed by atoms with van der Waals surface area (Å²) in [6.07, 6.45) is 0.520. The van der Waals surface area contributed by atoms with Crippen molar-refractivity contribution in [2.24, 2.45) is 5.73 Å². The van der Waals surface area contributed by atoms with Crippen molar-refractivity contribution in [2.45, 2.75) is 6.42 Å². The molecule has 0 saturated carbocycles. The maximum Gasteiger partial charge on any atom is 0.151 e. The van der Waals surface area contributed by atoms with Gasteiger partial charge in [-0.2, -0.15) is 0 Å². The number of nitrogens with two attached hydrogens (primary N) is 3. The van der Waals surface area contributed by atoms with Crippen molar-refractivity contribution < 1.29 is 4.39 Å². The quantitative estimate of drug-likeness (QED) is 0.728. The molecule has 6 N–H and O–H groups in total. The third-order valence-electron chi connectivity index (χ3n) is 2.53. The molecule has 90 valence electrons. The minimum Gasteiger partial charge on any atom is -0.383 e. The summed E-state index contributed by atoms with van der Waals surface area (Å²) >= 11 is 0. The van der Waals surface area contributed by atoms with Crippen molar-refractivity contribution in [3.05, 3.63) is 35.6 Å². The Bertz CT molecular complexity index is 535. The normalized spacial score (nSPS) is 10.7. The highest BCUT2D eigenvalue weighted by molar-refractivity contribution is 5.58. The van der Waals surface area contributed by atoms with Gasteiger partial charge in [0.1, 0.15) is 17.3 Å². The van der Waals surface area contributed by atoms with E-state index in [1.165, 1.54) is 10.7 Å². The van der Waals surface area contributed by atoms with Gasteiger partial charge in [-0.1, -0.05) is 12.1 Å². The van der Waals surface area contributed by atoms with Crippen LogP contribution in [0, 0.1) is 5.82 Å². The third-order valence-corrected chi connectivity index (χ3v) is 2.53. The van der Waals surface area contributed by atoms with E-state index in [0.717, 1.165) is 0 Å². The second-order valence-corrected chi connectivity index (χ2v) is 3.65. The van der Waals surface area contributed by atoms with Crippen molar-refractivity contribution in [3.63, 3.8) is 0 Å². The minimum atomic E-state index is -0.402. The molecule has 6 heteroatoms. The van der Waals surface area contributed by atoms with E-state index in [2.05, 4.69) is 5.10 Å². The molecule has 0 fully saturated rings. The predicted molar refractivity (Wildman–Crippen MR) is 65.1 cm³/mol. The van der Waals surface area contributed by atoms with Gasteiger partial charge in [-0.25, -0.2) is 9.07 Å². The van der Waals surface area contributed by atoms with Gasteiger partial charge in [0.25, 0.3) is 0 Å². The first-order valence-electron chi connectivity index (χ1n) is 5.23. The Hall–Kier alpha value is -2.08. The zero-order valence-electron chi connectivity index (χ0n) is 9.23. The van der Waals surface area contributed by atoms with Gasteiger partial charge in [0.05, 0.1) is 0 Å².